The summed E-state index contributed by atoms with van der Waals surface area (Å²) in [6.07, 6.45) is 2.72. The lowest BCUT2D eigenvalue weighted by atomic mass is 9.82. The maximum absolute atomic E-state index is 11.7. The van der Waals surface area contributed by atoms with Crippen molar-refractivity contribution in [1.29, 1.82) is 0 Å². The van der Waals surface area contributed by atoms with Crippen LogP contribution in [-0.4, -0.2) is 33.8 Å². The molecule has 1 unspecified atom stereocenters. The van der Waals surface area contributed by atoms with Crippen LogP contribution < -0.4 is 4.90 Å². The van der Waals surface area contributed by atoms with Crippen LogP contribution in [0.3, 0.4) is 0 Å². The van der Waals surface area contributed by atoms with E-state index >= 15 is 0 Å². The number of carbonyl (C=O) groups is 1. The first-order valence-electron chi connectivity index (χ1n) is 7.20. The molecular weight excluding hydrogens is 256 g/mol. The molecule has 0 bridgehead atoms. The summed E-state index contributed by atoms with van der Waals surface area (Å²) in [6.45, 7) is 2.42. The second-order valence-electron chi connectivity index (χ2n) is 5.91. The van der Waals surface area contributed by atoms with Crippen LogP contribution >= 0.6 is 0 Å². The van der Waals surface area contributed by atoms with Crippen LogP contribution in [0.15, 0.2) is 18.2 Å². The van der Waals surface area contributed by atoms with E-state index in [0.717, 1.165) is 31.6 Å². The summed E-state index contributed by atoms with van der Waals surface area (Å²) in [6, 6.07) is 5.61. The Morgan fingerprint density at radius 3 is 3.00 bits per heavy atom. The number of rotatable bonds is 3. The minimum Gasteiger partial charge on any atom is -0.481 e. The molecule has 1 saturated carbocycles. The van der Waals surface area contributed by atoms with Crippen molar-refractivity contribution in [3.63, 3.8) is 0 Å². The van der Waals surface area contributed by atoms with Gasteiger partial charge in [-0.1, -0.05) is 12.5 Å². The Kier molecular flexibility index (Phi) is 3.17. The van der Waals surface area contributed by atoms with Crippen LogP contribution in [0.25, 0.3) is 0 Å². The average molecular weight is 276 g/mol. The van der Waals surface area contributed by atoms with Crippen molar-refractivity contribution in [3.05, 3.63) is 23.9 Å². The number of carboxylic acids is 1. The van der Waals surface area contributed by atoms with E-state index in [9.17, 15) is 15.0 Å². The lowest BCUT2D eigenvalue weighted by molar-refractivity contribution is -0.148. The van der Waals surface area contributed by atoms with Crippen molar-refractivity contribution in [3.8, 4) is 0 Å². The van der Waals surface area contributed by atoms with Crippen molar-refractivity contribution in [2.45, 2.75) is 44.8 Å². The summed E-state index contributed by atoms with van der Waals surface area (Å²) in [5.41, 5.74) is 0.0380. The summed E-state index contributed by atoms with van der Waals surface area (Å²) in [7, 11) is 0. The lowest BCUT2D eigenvalue weighted by Crippen LogP contribution is -2.41. The molecule has 3 atom stereocenters. The normalized spacial score (nSPS) is 30.3. The number of carboxylic acid groups (broad SMARTS) is 1. The van der Waals surface area contributed by atoms with Crippen LogP contribution in [0.5, 0.6) is 0 Å². The predicted molar refractivity (Wildman–Crippen MR) is 74.5 cm³/mol. The number of hydrogen-bond acceptors (Lipinski definition) is 4. The summed E-state index contributed by atoms with van der Waals surface area (Å²) >= 11 is 0. The van der Waals surface area contributed by atoms with Gasteiger partial charge in [0.25, 0.3) is 0 Å². The van der Waals surface area contributed by atoms with Gasteiger partial charge in [0.2, 0.25) is 0 Å². The van der Waals surface area contributed by atoms with Gasteiger partial charge in [0.15, 0.2) is 0 Å². The topological polar surface area (TPSA) is 73.7 Å². The van der Waals surface area contributed by atoms with Crippen LogP contribution in [-0.2, 0) is 4.79 Å². The van der Waals surface area contributed by atoms with Gasteiger partial charge in [-0.15, -0.1) is 0 Å². The second kappa shape index (κ2) is 4.74. The molecule has 3 rings (SSSR count). The molecule has 0 aromatic carbocycles. The maximum atomic E-state index is 11.7. The van der Waals surface area contributed by atoms with Gasteiger partial charge >= 0.3 is 5.97 Å². The number of aliphatic hydroxyl groups is 1. The SMILES string of the molecule is CC(O)c1cccc(N2CC[C@]3(C(=O)O)CCC[C@H]23)n1. The minimum absolute atomic E-state index is 0.0387. The Labute approximate surface area is 118 Å². The number of hydrogen-bond donors (Lipinski definition) is 2. The van der Waals surface area contributed by atoms with E-state index in [1.807, 2.05) is 12.1 Å². The Morgan fingerprint density at radius 2 is 2.30 bits per heavy atom. The van der Waals surface area contributed by atoms with Gasteiger partial charge in [-0.25, -0.2) is 4.98 Å². The third-order valence-corrected chi connectivity index (χ3v) is 4.82. The van der Waals surface area contributed by atoms with Crippen molar-refractivity contribution < 1.29 is 15.0 Å². The second-order valence-corrected chi connectivity index (χ2v) is 5.91. The van der Waals surface area contributed by atoms with E-state index in [0.29, 0.717) is 12.1 Å². The standard InChI is InChI=1S/C15H20N2O3/c1-10(18)11-4-2-6-13(16-11)17-9-8-15(14(19)20)7-3-5-12(15)17/h2,4,6,10,12,18H,3,5,7-9H2,1H3,(H,19,20)/t10?,12-,15+/m0/s1. The van der Waals surface area contributed by atoms with E-state index in [2.05, 4.69) is 9.88 Å². The predicted octanol–water partition coefficient (Wildman–Crippen LogP) is 1.97. The third kappa shape index (κ3) is 1.88. The first-order valence-corrected chi connectivity index (χ1v) is 7.20. The van der Waals surface area contributed by atoms with E-state index in [1.165, 1.54) is 0 Å². The van der Waals surface area contributed by atoms with Crippen molar-refractivity contribution in [2.75, 3.05) is 11.4 Å². The number of aliphatic carboxylic acids is 1. The molecule has 2 fully saturated rings. The summed E-state index contributed by atoms with van der Waals surface area (Å²) in [4.78, 5) is 18.3. The van der Waals surface area contributed by atoms with Crippen LogP contribution in [0.4, 0.5) is 5.82 Å². The highest BCUT2D eigenvalue weighted by Gasteiger charge is 2.55. The summed E-state index contributed by atoms with van der Waals surface area (Å²) < 4.78 is 0. The molecule has 5 heteroatoms. The zero-order valence-corrected chi connectivity index (χ0v) is 11.6. The van der Waals surface area contributed by atoms with Crippen molar-refractivity contribution >= 4 is 11.8 Å². The number of anilines is 1. The van der Waals surface area contributed by atoms with Gasteiger partial charge in [-0.05, 0) is 38.3 Å². The Balaban J connectivity index is 1.92. The highest BCUT2D eigenvalue weighted by molar-refractivity contribution is 5.78. The minimum atomic E-state index is -0.672. The molecule has 0 radical (unpaired) electrons. The van der Waals surface area contributed by atoms with Crippen molar-refractivity contribution in [1.82, 2.24) is 4.98 Å². The van der Waals surface area contributed by atoms with Crippen LogP contribution in [0.1, 0.15) is 44.4 Å². The van der Waals surface area contributed by atoms with Gasteiger partial charge in [0.05, 0.1) is 17.2 Å². The fourth-order valence-electron chi connectivity index (χ4n) is 3.74. The Bertz CT molecular complexity index is 532. The molecule has 0 amide bonds. The highest BCUT2D eigenvalue weighted by atomic mass is 16.4. The molecule has 2 aliphatic rings. The average Bonchev–Trinajstić information content (AvgIpc) is 2.97. The smallest absolute Gasteiger partial charge is 0.311 e. The summed E-state index contributed by atoms with van der Waals surface area (Å²) in [5.74, 6) is 0.118. The van der Waals surface area contributed by atoms with Crippen LogP contribution in [0, 0.1) is 5.41 Å². The molecule has 1 saturated heterocycles. The van der Waals surface area contributed by atoms with E-state index in [4.69, 9.17) is 0 Å². The molecule has 0 spiro atoms. The Morgan fingerprint density at radius 1 is 1.50 bits per heavy atom. The third-order valence-electron chi connectivity index (χ3n) is 4.82. The van der Waals surface area contributed by atoms with E-state index in [1.54, 1.807) is 13.0 Å². The molecule has 1 aromatic rings. The Hall–Kier alpha value is -1.62. The zero-order chi connectivity index (χ0) is 14.3. The molecule has 1 aliphatic carbocycles. The molecule has 1 aliphatic heterocycles. The first-order chi connectivity index (χ1) is 9.54. The quantitative estimate of drug-likeness (QED) is 0.883. The number of aliphatic hydroxyl groups excluding tert-OH is 1. The largest absolute Gasteiger partial charge is 0.481 e. The van der Waals surface area contributed by atoms with Gasteiger partial charge in [0.1, 0.15) is 5.82 Å². The van der Waals surface area contributed by atoms with Gasteiger partial charge in [-0.2, -0.15) is 0 Å². The number of pyridine rings is 1. The molecule has 5 nitrogen and oxygen atoms in total. The van der Waals surface area contributed by atoms with Gasteiger partial charge in [0, 0.05) is 12.6 Å². The molecule has 1 aromatic heterocycles. The molecular formula is C15H20N2O3. The number of fused-ring (bicyclic) bond motifs is 1. The summed E-state index contributed by atoms with van der Waals surface area (Å²) in [5, 5.41) is 19.2. The fourth-order valence-corrected chi connectivity index (χ4v) is 3.74. The van der Waals surface area contributed by atoms with Crippen LogP contribution in [0.2, 0.25) is 0 Å². The lowest BCUT2D eigenvalue weighted by Gasteiger charge is -2.29. The fraction of sp³-hybridized carbons (Fsp3) is 0.600. The first kappa shape index (κ1) is 13.4. The maximum Gasteiger partial charge on any atom is 0.311 e. The number of nitrogens with zero attached hydrogens (tertiary/aromatic N) is 2. The van der Waals surface area contributed by atoms with Crippen molar-refractivity contribution in [2.24, 2.45) is 5.41 Å². The van der Waals surface area contributed by atoms with Gasteiger partial charge < -0.3 is 15.1 Å². The molecule has 108 valence electrons. The number of aromatic nitrogens is 1. The monoisotopic (exact) mass is 276 g/mol. The van der Waals surface area contributed by atoms with E-state index in [-0.39, 0.29) is 6.04 Å². The van der Waals surface area contributed by atoms with Gasteiger partial charge in [-0.3, -0.25) is 4.79 Å². The molecule has 20 heavy (non-hydrogen) atoms. The van der Waals surface area contributed by atoms with E-state index < -0.39 is 17.5 Å². The molecule has 2 N–H and O–H groups in total. The molecule has 2 heterocycles. The zero-order valence-electron chi connectivity index (χ0n) is 11.6. The highest BCUT2D eigenvalue weighted by Crippen LogP contribution is 2.50.